The van der Waals surface area contributed by atoms with E-state index in [1.54, 1.807) is 22.6 Å². The van der Waals surface area contributed by atoms with E-state index in [4.69, 9.17) is 0 Å². The SMILES string of the molecule is Cl.O=C(Nc1cc(F)c(I)c(F)c1)C1CCCCN1. The van der Waals surface area contributed by atoms with Crippen LogP contribution in [-0.2, 0) is 4.79 Å². The van der Waals surface area contributed by atoms with Crippen LogP contribution in [0.5, 0.6) is 0 Å². The van der Waals surface area contributed by atoms with Crippen LogP contribution in [0, 0.1) is 15.2 Å². The number of anilines is 1. The highest BCUT2D eigenvalue weighted by Gasteiger charge is 2.21. The number of piperidine rings is 1. The van der Waals surface area contributed by atoms with Crippen LogP contribution in [0.1, 0.15) is 19.3 Å². The van der Waals surface area contributed by atoms with Gasteiger partial charge < -0.3 is 10.6 Å². The van der Waals surface area contributed by atoms with Gasteiger partial charge in [-0.05, 0) is 54.1 Å². The van der Waals surface area contributed by atoms with E-state index < -0.39 is 11.6 Å². The average Bonchev–Trinajstić information content (AvgIpc) is 2.37. The smallest absolute Gasteiger partial charge is 0.241 e. The van der Waals surface area contributed by atoms with Crippen molar-refractivity contribution in [3.63, 3.8) is 0 Å². The summed E-state index contributed by atoms with van der Waals surface area (Å²) in [4.78, 5) is 11.9. The van der Waals surface area contributed by atoms with Crippen LogP contribution in [0.25, 0.3) is 0 Å². The summed E-state index contributed by atoms with van der Waals surface area (Å²) in [5.74, 6) is -1.57. The van der Waals surface area contributed by atoms with Crippen LogP contribution in [0.2, 0.25) is 0 Å². The molecule has 3 nitrogen and oxygen atoms in total. The van der Waals surface area contributed by atoms with Crippen molar-refractivity contribution in [1.82, 2.24) is 5.32 Å². The fourth-order valence-electron chi connectivity index (χ4n) is 1.93. The van der Waals surface area contributed by atoms with Crippen LogP contribution in [0.4, 0.5) is 14.5 Å². The number of hydrogen-bond donors (Lipinski definition) is 2. The van der Waals surface area contributed by atoms with E-state index in [1.165, 1.54) is 0 Å². The van der Waals surface area contributed by atoms with E-state index in [1.807, 2.05) is 0 Å². The zero-order valence-corrected chi connectivity index (χ0v) is 13.0. The van der Waals surface area contributed by atoms with Gasteiger partial charge in [0.15, 0.2) is 0 Å². The lowest BCUT2D eigenvalue weighted by Gasteiger charge is -2.22. The molecule has 0 spiro atoms. The number of rotatable bonds is 2. The Morgan fingerprint density at radius 1 is 1.32 bits per heavy atom. The molecule has 1 aromatic carbocycles. The lowest BCUT2D eigenvalue weighted by atomic mass is 10.0. The van der Waals surface area contributed by atoms with Crippen LogP contribution >= 0.6 is 35.0 Å². The monoisotopic (exact) mass is 402 g/mol. The third-order valence-electron chi connectivity index (χ3n) is 2.88. The summed E-state index contributed by atoms with van der Waals surface area (Å²) in [6.07, 6.45) is 2.79. The fourth-order valence-corrected chi connectivity index (χ4v) is 2.24. The van der Waals surface area contributed by atoms with Crippen molar-refractivity contribution in [2.24, 2.45) is 0 Å². The molecule has 0 bridgehead atoms. The second kappa shape index (κ2) is 7.35. The van der Waals surface area contributed by atoms with Gasteiger partial charge in [-0.3, -0.25) is 4.79 Å². The van der Waals surface area contributed by atoms with Crippen molar-refractivity contribution >= 4 is 46.6 Å². The van der Waals surface area contributed by atoms with Gasteiger partial charge in [0.25, 0.3) is 0 Å². The Hall–Kier alpha value is -0.470. The summed E-state index contributed by atoms with van der Waals surface area (Å²) in [6, 6.07) is 1.99. The zero-order valence-electron chi connectivity index (χ0n) is 10.0. The van der Waals surface area contributed by atoms with Crippen LogP contribution in [-0.4, -0.2) is 18.5 Å². The van der Waals surface area contributed by atoms with Gasteiger partial charge in [0, 0.05) is 5.69 Å². The number of halogens is 4. The normalized spacial score (nSPS) is 18.6. The Balaban J connectivity index is 0.00000180. The molecule has 1 unspecified atom stereocenters. The predicted molar refractivity (Wildman–Crippen MR) is 80.6 cm³/mol. The number of nitrogens with one attached hydrogen (secondary N) is 2. The summed E-state index contributed by atoms with van der Waals surface area (Å²) in [5, 5.41) is 5.61. The Bertz CT molecular complexity index is 444. The number of hydrogen-bond acceptors (Lipinski definition) is 2. The third kappa shape index (κ3) is 4.25. The first kappa shape index (κ1) is 16.6. The molecular weight excluding hydrogens is 388 g/mol. The maximum Gasteiger partial charge on any atom is 0.241 e. The Kier molecular flexibility index (Phi) is 6.41. The third-order valence-corrected chi connectivity index (χ3v) is 3.91. The van der Waals surface area contributed by atoms with Crippen molar-refractivity contribution in [3.05, 3.63) is 27.3 Å². The number of benzene rings is 1. The largest absolute Gasteiger partial charge is 0.325 e. The van der Waals surface area contributed by atoms with Crippen LogP contribution < -0.4 is 10.6 Å². The average molecular weight is 403 g/mol. The lowest BCUT2D eigenvalue weighted by molar-refractivity contribution is -0.118. The number of carbonyl (C=O) groups is 1. The number of carbonyl (C=O) groups excluding carboxylic acids is 1. The molecule has 2 N–H and O–H groups in total. The molecule has 1 atom stereocenters. The maximum absolute atomic E-state index is 13.3. The molecule has 1 aromatic rings. The summed E-state index contributed by atoms with van der Waals surface area (Å²) in [6.45, 7) is 0.799. The summed E-state index contributed by atoms with van der Waals surface area (Å²) in [5.41, 5.74) is 0.155. The van der Waals surface area contributed by atoms with Crippen molar-refractivity contribution in [2.75, 3.05) is 11.9 Å². The Morgan fingerprint density at radius 3 is 2.47 bits per heavy atom. The molecule has 1 heterocycles. The fraction of sp³-hybridized carbons (Fsp3) is 0.417. The van der Waals surface area contributed by atoms with Gasteiger partial charge in [-0.15, -0.1) is 12.4 Å². The quantitative estimate of drug-likeness (QED) is 0.590. The maximum atomic E-state index is 13.3. The second-order valence-electron chi connectivity index (χ2n) is 4.25. The summed E-state index contributed by atoms with van der Waals surface area (Å²) >= 11 is 1.59. The molecular formula is C12H14ClF2IN2O. The topological polar surface area (TPSA) is 41.1 Å². The molecule has 2 rings (SSSR count). The molecule has 1 amide bonds. The first-order chi connectivity index (χ1) is 8.58. The van der Waals surface area contributed by atoms with Crippen molar-refractivity contribution in [3.8, 4) is 0 Å². The van der Waals surface area contributed by atoms with E-state index in [0.29, 0.717) is 0 Å². The molecule has 0 aliphatic carbocycles. The van der Waals surface area contributed by atoms with Gasteiger partial charge in [-0.2, -0.15) is 0 Å². The Morgan fingerprint density at radius 2 is 1.95 bits per heavy atom. The van der Waals surface area contributed by atoms with Gasteiger partial charge >= 0.3 is 0 Å². The molecule has 106 valence electrons. The summed E-state index contributed by atoms with van der Waals surface area (Å²) < 4.78 is 26.6. The van der Waals surface area contributed by atoms with Gasteiger partial charge in [0.2, 0.25) is 5.91 Å². The molecule has 1 aliphatic rings. The lowest BCUT2D eigenvalue weighted by Crippen LogP contribution is -2.43. The first-order valence-corrected chi connectivity index (χ1v) is 6.84. The van der Waals surface area contributed by atoms with Gasteiger partial charge in [0.1, 0.15) is 11.6 Å². The van der Waals surface area contributed by atoms with E-state index in [2.05, 4.69) is 10.6 Å². The van der Waals surface area contributed by atoms with Crippen molar-refractivity contribution in [1.29, 1.82) is 0 Å². The van der Waals surface area contributed by atoms with E-state index in [0.717, 1.165) is 37.9 Å². The molecule has 19 heavy (non-hydrogen) atoms. The minimum Gasteiger partial charge on any atom is -0.325 e. The van der Waals surface area contributed by atoms with Gasteiger partial charge in [-0.1, -0.05) is 6.42 Å². The van der Waals surface area contributed by atoms with E-state index in [-0.39, 0.29) is 33.6 Å². The summed E-state index contributed by atoms with van der Waals surface area (Å²) in [7, 11) is 0. The molecule has 0 saturated carbocycles. The Labute approximate surface area is 130 Å². The number of amides is 1. The van der Waals surface area contributed by atoms with E-state index in [9.17, 15) is 13.6 Å². The molecule has 1 fully saturated rings. The molecule has 0 radical (unpaired) electrons. The minimum atomic E-state index is -0.664. The van der Waals surface area contributed by atoms with Crippen molar-refractivity contribution in [2.45, 2.75) is 25.3 Å². The standard InChI is InChI=1S/C12H13F2IN2O.ClH/c13-8-5-7(6-9(14)11(8)15)17-12(18)10-3-1-2-4-16-10;/h5-6,10,16H,1-4H2,(H,17,18);1H. The zero-order chi connectivity index (χ0) is 13.1. The van der Waals surface area contributed by atoms with Crippen molar-refractivity contribution < 1.29 is 13.6 Å². The van der Waals surface area contributed by atoms with E-state index >= 15 is 0 Å². The second-order valence-corrected chi connectivity index (χ2v) is 5.32. The molecule has 7 heteroatoms. The molecule has 1 aliphatic heterocycles. The minimum absolute atomic E-state index is 0. The molecule has 0 aromatic heterocycles. The molecule has 1 saturated heterocycles. The van der Waals surface area contributed by atoms with Crippen LogP contribution in [0.15, 0.2) is 12.1 Å². The first-order valence-electron chi connectivity index (χ1n) is 5.76. The van der Waals surface area contributed by atoms with Crippen LogP contribution in [0.3, 0.4) is 0 Å². The highest BCUT2D eigenvalue weighted by molar-refractivity contribution is 14.1. The highest BCUT2D eigenvalue weighted by Crippen LogP contribution is 2.21. The van der Waals surface area contributed by atoms with Gasteiger partial charge in [0.05, 0.1) is 9.61 Å². The predicted octanol–water partition coefficient (Wildman–Crippen LogP) is 3.07. The van der Waals surface area contributed by atoms with Gasteiger partial charge in [-0.25, -0.2) is 8.78 Å². The highest BCUT2D eigenvalue weighted by atomic mass is 127.